The van der Waals surface area contributed by atoms with Gasteiger partial charge in [0.05, 0.1) is 18.3 Å². The highest BCUT2D eigenvalue weighted by Crippen LogP contribution is 2.29. The lowest BCUT2D eigenvalue weighted by Gasteiger charge is -2.24. The number of likely N-dealkylation sites (tertiary alicyclic amines) is 1. The first-order valence-electron chi connectivity index (χ1n) is 8.36. The largest absolute Gasteiger partial charge is 0.494 e. The molecule has 1 aromatic heterocycles. The van der Waals surface area contributed by atoms with E-state index in [4.69, 9.17) is 16.3 Å². The van der Waals surface area contributed by atoms with Crippen LogP contribution in [-0.4, -0.2) is 47.5 Å². The van der Waals surface area contributed by atoms with Crippen LogP contribution in [0.3, 0.4) is 0 Å². The fraction of sp³-hybridized carbons (Fsp3) is 0.389. The summed E-state index contributed by atoms with van der Waals surface area (Å²) in [5.41, 5.74) is 1.24. The van der Waals surface area contributed by atoms with Gasteiger partial charge in [-0.2, -0.15) is 0 Å². The third-order valence-electron chi connectivity index (χ3n) is 4.21. The Labute approximate surface area is 151 Å². The molecule has 0 aliphatic carbocycles. The number of ether oxygens (including phenoxy) is 1. The summed E-state index contributed by atoms with van der Waals surface area (Å²) in [6.07, 6.45) is 8.86. The molecule has 7 heteroatoms. The first kappa shape index (κ1) is 17.6. The molecule has 1 aromatic carbocycles. The maximum Gasteiger partial charge on any atom is 0.248 e. The average Bonchev–Trinajstić information content (AvgIpc) is 2.62. The number of benzene rings is 1. The Morgan fingerprint density at radius 2 is 2.16 bits per heavy atom. The molecular weight excluding hydrogens is 340 g/mol. The molecule has 25 heavy (non-hydrogen) atoms. The number of amides is 1. The molecule has 0 saturated carbocycles. The molecule has 0 bridgehead atoms. The predicted octanol–water partition coefficient (Wildman–Crippen LogP) is 3.27. The van der Waals surface area contributed by atoms with Gasteiger partial charge in [-0.1, -0.05) is 12.5 Å². The fourth-order valence-corrected chi connectivity index (χ4v) is 3.07. The normalized spacial score (nSPS) is 15.6. The van der Waals surface area contributed by atoms with E-state index in [1.807, 2.05) is 6.08 Å². The van der Waals surface area contributed by atoms with Crippen LogP contribution in [0, 0.1) is 0 Å². The number of hydrogen-bond donors (Lipinski definition) is 1. The number of nitrogens with zero attached hydrogens (tertiary/aromatic N) is 3. The van der Waals surface area contributed by atoms with E-state index in [0.29, 0.717) is 17.0 Å². The van der Waals surface area contributed by atoms with E-state index in [0.717, 1.165) is 25.0 Å². The van der Waals surface area contributed by atoms with Crippen molar-refractivity contribution >= 4 is 34.1 Å². The highest BCUT2D eigenvalue weighted by Gasteiger charge is 2.10. The predicted molar refractivity (Wildman–Crippen MR) is 99.2 cm³/mol. The van der Waals surface area contributed by atoms with E-state index in [2.05, 4.69) is 20.2 Å². The number of rotatable bonds is 5. The molecule has 1 aliphatic heterocycles. The summed E-state index contributed by atoms with van der Waals surface area (Å²) in [6, 6.07) is 3.51. The third kappa shape index (κ3) is 4.67. The highest BCUT2D eigenvalue weighted by molar-refractivity contribution is 6.28. The van der Waals surface area contributed by atoms with Gasteiger partial charge in [0.2, 0.25) is 11.2 Å². The fourth-order valence-electron chi connectivity index (χ4n) is 2.93. The van der Waals surface area contributed by atoms with Gasteiger partial charge in [0.15, 0.2) is 0 Å². The minimum Gasteiger partial charge on any atom is -0.494 e. The van der Waals surface area contributed by atoms with Crippen LogP contribution in [0.2, 0.25) is 5.28 Å². The van der Waals surface area contributed by atoms with E-state index >= 15 is 0 Å². The number of fused-ring (bicyclic) bond motifs is 1. The molecule has 0 atom stereocenters. The minimum absolute atomic E-state index is 0.173. The zero-order valence-corrected chi connectivity index (χ0v) is 14.9. The molecule has 2 heterocycles. The van der Waals surface area contributed by atoms with Crippen LogP contribution >= 0.6 is 11.6 Å². The van der Waals surface area contributed by atoms with Gasteiger partial charge in [-0.15, -0.1) is 0 Å². The van der Waals surface area contributed by atoms with Gasteiger partial charge in [0.25, 0.3) is 0 Å². The number of methoxy groups -OCH3 is 1. The number of nitrogens with one attached hydrogen (secondary N) is 1. The van der Waals surface area contributed by atoms with Crippen LogP contribution in [0.1, 0.15) is 19.3 Å². The SMILES string of the molecule is COc1cc2nc(Cl)ncc2cc1NC(=O)C=CCN1CCCCC1. The molecule has 1 amide bonds. The van der Waals surface area contributed by atoms with Crippen molar-refractivity contribution in [2.24, 2.45) is 0 Å². The molecule has 3 rings (SSSR count). The van der Waals surface area contributed by atoms with Crippen LogP contribution < -0.4 is 10.1 Å². The van der Waals surface area contributed by atoms with Crippen molar-refractivity contribution in [3.63, 3.8) is 0 Å². The summed E-state index contributed by atoms with van der Waals surface area (Å²) in [6.45, 7) is 3.01. The van der Waals surface area contributed by atoms with Crippen molar-refractivity contribution in [1.29, 1.82) is 0 Å². The van der Waals surface area contributed by atoms with Gasteiger partial charge in [-0.05, 0) is 43.6 Å². The summed E-state index contributed by atoms with van der Waals surface area (Å²) >= 11 is 5.81. The number of piperidine rings is 1. The van der Waals surface area contributed by atoms with Crippen LogP contribution in [0.25, 0.3) is 10.9 Å². The summed E-state index contributed by atoms with van der Waals surface area (Å²) in [7, 11) is 1.55. The minimum atomic E-state index is -0.190. The molecule has 0 spiro atoms. The Morgan fingerprint density at radius 1 is 1.36 bits per heavy atom. The lowest BCUT2D eigenvalue weighted by atomic mass is 10.1. The second kappa shape index (κ2) is 8.27. The molecule has 0 unspecified atom stereocenters. The number of carbonyl (C=O) groups is 1. The van der Waals surface area contributed by atoms with Crippen molar-refractivity contribution < 1.29 is 9.53 Å². The zero-order chi connectivity index (χ0) is 17.6. The van der Waals surface area contributed by atoms with E-state index in [1.54, 1.807) is 31.5 Å². The van der Waals surface area contributed by atoms with Crippen molar-refractivity contribution in [2.45, 2.75) is 19.3 Å². The van der Waals surface area contributed by atoms with Crippen molar-refractivity contribution in [3.05, 3.63) is 35.8 Å². The quantitative estimate of drug-likeness (QED) is 0.654. The Morgan fingerprint density at radius 3 is 2.92 bits per heavy atom. The van der Waals surface area contributed by atoms with Gasteiger partial charge >= 0.3 is 0 Å². The first-order chi connectivity index (χ1) is 12.2. The van der Waals surface area contributed by atoms with E-state index < -0.39 is 0 Å². The smallest absolute Gasteiger partial charge is 0.248 e. The Balaban J connectivity index is 1.68. The average molecular weight is 361 g/mol. The van der Waals surface area contributed by atoms with Crippen molar-refractivity contribution in [3.8, 4) is 5.75 Å². The van der Waals surface area contributed by atoms with Crippen molar-refractivity contribution in [2.75, 3.05) is 32.1 Å². The summed E-state index contributed by atoms with van der Waals surface area (Å²) in [5, 5.41) is 3.80. The maximum atomic E-state index is 12.2. The monoisotopic (exact) mass is 360 g/mol. The van der Waals surface area contributed by atoms with Crippen LogP contribution in [0.5, 0.6) is 5.75 Å². The lowest BCUT2D eigenvalue weighted by Crippen LogP contribution is -2.29. The van der Waals surface area contributed by atoms with Gasteiger partial charge in [0, 0.05) is 30.3 Å². The summed E-state index contributed by atoms with van der Waals surface area (Å²) < 4.78 is 5.34. The number of carbonyl (C=O) groups excluding carboxylic acids is 1. The van der Waals surface area contributed by atoms with Gasteiger partial charge in [-0.3, -0.25) is 9.69 Å². The highest BCUT2D eigenvalue weighted by atomic mass is 35.5. The van der Waals surface area contributed by atoms with Crippen LogP contribution in [-0.2, 0) is 4.79 Å². The summed E-state index contributed by atoms with van der Waals surface area (Å²) in [5.74, 6) is 0.338. The van der Waals surface area contributed by atoms with E-state index in [9.17, 15) is 4.79 Å². The second-order valence-corrected chi connectivity index (χ2v) is 6.34. The molecule has 1 N–H and O–H groups in total. The molecule has 132 valence electrons. The van der Waals surface area contributed by atoms with Crippen molar-refractivity contribution in [1.82, 2.24) is 14.9 Å². The molecule has 1 saturated heterocycles. The van der Waals surface area contributed by atoms with E-state index in [-0.39, 0.29) is 11.2 Å². The standard InChI is InChI=1S/C18H21ClN4O2/c1-25-16-11-14-13(12-20-18(19)22-14)10-15(16)21-17(24)6-5-9-23-7-3-2-4-8-23/h5-6,10-12H,2-4,7-9H2,1H3,(H,21,24). The van der Waals surface area contributed by atoms with Crippen LogP contribution in [0.4, 0.5) is 5.69 Å². The number of hydrogen-bond acceptors (Lipinski definition) is 5. The van der Waals surface area contributed by atoms with Gasteiger partial charge < -0.3 is 10.1 Å². The lowest BCUT2D eigenvalue weighted by molar-refractivity contribution is -0.111. The number of anilines is 1. The molecular formula is C18H21ClN4O2. The van der Waals surface area contributed by atoms with Gasteiger partial charge in [0.1, 0.15) is 5.75 Å². The topological polar surface area (TPSA) is 67.4 Å². The van der Waals surface area contributed by atoms with E-state index in [1.165, 1.54) is 19.3 Å². The van der Waals surface area contributed by atoms with Gasteiger partial charge in [-0.25, -0.2) is 9.97 Å². The molecule has 0 radical (unpaired) electrons. The first-order valence-corrected chi connectivity index (χ1v) is 8.73. The molecule has 1 fully saturated rings. The number of aromatic nitrogens is 2. The Bertz CT molecular complexity index is 788. The second-order valence-electron chi connectivity index (χ2n) is 6.00. The number of halogens is 1. The molecule has 6 nitrogen and oxygen atoms in total. The summed E-state index contributed by atoms with van der Waals surface area (Å²) in [4.78, 5) is 22.7. The Hall–Kier alpha value is -2.18. The zero-order valence-electron chi connectivity index (χ0n) is 14.2. The molecule has 2 aromatic rings. The molecule has 1 aliphatic rings. The van der Waals surface area contributed by atoms with Crippen LogP contribution in [0.15, 0.2) is 30.5 Å². The third-order valence-corrected chi connectivity index (χ3v) is 4.39. The maximum absolute atomic E-state index is 12.2. The Kier molecular flexibility index (Phi) is 5.83.